The first-order valence-electron chi connectivity index (χ1n) is 7.88. The highest BCUT2D eigenvalue weighted by Crippen LogP contribution is 2.20. The molecular formula is C17H23N3OS. The van der Waals surface area contributed by atoms with Crippen LogP contribution in [0.1, 0.15) is 38.1 Å². The number of aromatic nitrogens is 2. The van der Waals surface area contributed by atoms with E-state index in [1.807, 2.05) is 28.5 Å². The monoisotopic (exact) mass is 317 g/mol. The van der Waals surface area contributed by atoms with Crippen LogP contribution in [0.2, 0.25) is 0 Å². The number of rotatable bonds is 8. The Morgan fingerprint density at radius 2 is 1.95 bits per heavy atom. The van der Waals surface area contributed by atoms with Gasteiger partial charge in [0.2, 0.25) is 5.91 Å². The molecule has 22 heavy (non-hydrogen) atoms. The smallest absolute Gasteiger partial charge is 0.222 e. The summed E-state index contributed by atoms with van der Waals surface area (Å²) in [5.74, 6) is 0.235. The van der Waals surface area contributed by atoms with Crippen LogP contribution in [0.5, 0.6) is 0 Å². The van der Waals surface area contributed by atoms with Crippen molar-refractivity contribution in [1.82, 2.24) is 14.9 Å². The van der Waals surface area contributed by atoms with E-state index in [-0.39, 0.29) is 5.91 Å². The first-order valence-corrected chi connectivity index (χ1v) is 8.76. The number of hydrogen-bond donors (Lipinski definition) is 0. The van der Waals surface area contributed by atoms with E-state index >= 15 is 0 Å². The predicted molar refractivity (Wildman–Crippen MR) is 90.8 cm³/mol. The second-order valence-corrected chi connectivity index (χ2v) is 6.16. The van der Waals surface area contributed by atoms with Crippen LogP contribution in [0.3, 0.4) is 0 Å². The van der Waals surface area contributed by atoms with Gasteiger partial charge in [-0.05, 0) is 25.0 Å². The number of thiazole rings is 1. The molecule has 0 unspecified atom stereocenters. The number of pyridine rings is 1. The molecule has 0 radical (unpaired) electrons. The number of carbonyl (C=O) groups excluding carboxylic acids is 1. The minimum Gasteiger partial charge on any atom is -0.343 e. The SMILES string of the molecule is CCCN(CCC)C(=O)CCc1nc(-c2ccccn2)cs1. The lowest BCUT2D eigenvalue weighted by molar-refractivity contribution is -0.131. The highest BCUT2D eigenvalue weighted by Gasteiger charge is 2.13. The molecule has 0 atom stereocenters. The molecule has 0 aromatic carbocycles. The molecule has 0 aliphatic rings. The molecule has 2 heterocycles. The van der Waals surface area contributed by atoms with Crippen molar-refractivity contribution in [3.05, 3.63) is 34.8 Å². The van der Waals surface area contributed by atoms with E-state index in [1.54, 1.807) is 17.5 Å². The first kappa shape index (κ1) is 16.6. The Bertz CT molecular complexity index is 577. The van der Waals surface area contributed by atoms with E-state index in [0.717, 1.165) is 42.3 Å². The molecule has 0 bridgehead atoms. The van der Waals surface area contributed by atoms with E-state index in [4.69, 9.17) is 0 Å². The Balaban J connectivity index is 1.92. The van der Waals surface area contributed by atoms with Crippen LogP contribution >= 0.6 is 11.3 Å². The van der Waals surface area contributed by atoms with Crippen LogP contribution in [0.15, 0.2) is 29.8 Å². The van der Waals surface area contributed by atoms with Gasteiger partial charge in [-0.15, -0.1) is 11.3 Å². The zero-order valence-corrected chi connectivity index (χ0v) is 14.1. The summed E-state index contributed by atoms with van der Waals surface area (Å²) >= 11 is 1.60. The van der Waals surface area contributed by atoms with Gasteiger partial charge in [-0.25, -0.2) is 4.98 Å². The Hall–Kier alpha value is -1.75. The molecule has 1 amide bonds. The molecule has 2 aromatic rings. The third kappa shape index (κ3) is 4.63. The Labute approximate surface area is 136 Å². The lowest BCUT2D eigenvalue weighted by Crippen LogP contribution is -2.32. The summed E-state index contributed by atoms with van der Waals surface area (Å²) < 4.78 is 0. The maximum absolute atomic E-state index is 12.3. The van der Waals surface area contributed by atoms with Crippen LogP contribution in [0, 0.1) is 0 Å². The third-order valence-corrected chi connectivity index (χ3v) is 4.28. The average molecular weight is 317 g/mol. The van der Waals surface area contributed by atoms with Crippen LogP contribution in [-0.4, -0.2) is 33.9 Å². The van der Waals surface area contributed by atoms with Crippen molar-refractivity contribution in [2.24, 2.45) is 0 Å². The molecule has 4 nitrogen and oxygen atoms in total. The van der Waals surface area contributed by atoms with Gasteiger partial charge in [-0.1, -0.05) is 19.9 Å². The van der Waals surface area contributed by atoms with Crippen molar-refractivity contribution < 1.29 is 4.79 Å². The van der Waals surface area contributed by atoms with E-state index in [1.165, 1.54) is 0 Å². The van der Waals surface area contributed by atoms with Crippen molar-refractivity contribution in [3.63, 3.8) is 0 Å². The fourth-order valence-electron chi connectivity index (χ4n) is 2.33. The van der Waals surface area contributed by atoms with E-state index < -0.39 is 0 Å². The molecule has 0 spiro atoms. The Morgan fingerprint density at radius 3 is 2.59 bits per heavy atom. The molecule has 0 saturated carbocycles. The molecule has 118 valence electrons. The number of hydrogen-bond acceptors (Lipinski definition) is 4. The van der Waals surface area contributed by atoms with Gasteiger partial charge in [0.05, 0.1) is 16.4 Å². The molecule has 0 N–H and O–H groups in total. The molecule has 0 aliphatic heterocycles. The van der Waals surface area contributed by atoms with E-state index in [9.17, 15) is 4.79 Å². The normalized spacial score (nSPS) is 10.6. The van der Waals surface area contributed by atoms with E-state index in [2.05, 4.69) is 23.8 Å². The molecule has 0 fully saturated rings. The number of nitrogens with zero attached hydrogens (tertiary/aromatic N) is 3. The summed E-state index contributed by atoms with van der Waals surface area (Å²) in [4.78, 5) is 23.1. The van der Waals surface area contributed by atoms with Gasteiger partial charge < -0.3 is 4.90 Å². The number of aryl methyl sites for hydroxylation is 1. The summed E-state index contributed by atoms with van der Waals surface area (Å²) in [6, 6.07) is 5.80. The van der Waals surface area contributed by atoms with Crippen LogP contribution < -0.4 is 0 Å². The van der Waals surface area contributed by atoms with Gasteiger partial charge >= 0.3 is 0 Å². The molecule has 2 rings (SSSR count). The summed E-state index contributed by atoms with van der Waals surface area (Å²) in [6.07, 6.45) is 5.03. The van der Waals surface area contributed by atoms with Gasteiger partial charge in [0.15, 0.2) is 0 Å². The Kier molecular flexibility index (Phi) is 6.52. The summed E-state index contributed by atoms with van der Waals surface area (Å²) in [5, 5.41) is 3.01. The average Bonchev–Trinajstić information content (AvgIpc) is 3.02. The summed E-state index contributed by atoms with van der Waals surface area (Å²) in [5.41, 5.74) is 1.78. The molecule has 5 heteroatoms. The lowest BCUT2D eigenvalue weighted by Gasteiger charge is -2.21. The molecule has 2 aromatic heterocycles. The Morgan fingerprint density at radius 1 is 1.18 bits per heavy atom. The summed E-state index contributed by atoms with van der Waals surface area (Å²) in [6.45, 7) is 5.92. The lowest BCUT2D eigenvalue weighted by atomic mass is 10.2. The van der Waals surface area contributed by atoms with Crippen molar-refractivity contribution in [1.29, 1.82) is 0 Å². The minimum atomic E-state index is 0.235. The van der Waals surface area contributed by atoms with Gasteiger partial charge in [-0.2, -0.15) is 0 Å². The van der Waals surface area contributed by atoms with Crippen molar-refractivity contribution in [3.8, 4) is 11.4 Å². The molecule has 0 aliphatic carbocycles. The standard InChI is InChI=1S/C17H23N3OS/c1-3-11-20(12-4-2)17(21)9-8-16-19-15(13-22-16)14-7-5-6-10-18-14/h5-7,10,13H,3-4,8-9,11-12H2,1-2H3. The topological polar surface area (TPSA) is 46.1 Å². The van der Waals surface area contributed by atoms with Crippen LogP contribution in [0.4, 0.5) is 0 Å². The third-order valence-electron chi connectivity index (χ3n) is 3.37. The maximum Gasteiger partial charge on any atom is 0.222 e. The van der Waals surface area contributed by atoms with Gasteiger partial charge in [0.25, 0.3) is 0 Å². The number of amides is 1. The van der Waals surface area contributed by atoms with Gasteiger partial charge in [0, 0.05) is 37.5 Å². The fraction of sp³-hybridized carbons (Fsp3) is 0.471. The van der Waals surface area contributed by atoms with Crippen molar-refractivity contribution >= 4 is 17.2 Å². The highest BCUT2D eigenvalue weighted by molar-refractivity contribution is 7.09. The van der Waals surface area contributed by atoms with Crippen LogP contribution in [0.25, 0.3) is 11.4 Å². The van der Waals surface area contributed by atoms with E-state index in [0.29, 0.717) is 12.8 Å². The maximum atomic E-state index is 12.3. The van der Waals surface area contributed by atoms with Crippen LogP contribution in [-0.2, 0) is 11.2 Å². The second-order valence-electron chi connectivity index (χ2n) is 5.22. The minimum absolute atomic E-state index is 0.235. The highest BCUT2D eigenvalue weighted by atomic mass is 32.1. The fourth-order valence-corrected chi connectivity index (χ4v) is 3.12. The largest absolute Gasteiger partial charge is 0.343 e. The quantitative estimate of drug-likeness (QED) is 0.744. The molecular weight excluding hydrogens is 294 g/mol. The second kappa shape index (κ2) is 8.63. The zero-order chi connectivity index (χ0) is 15.8. The van der Waals surface area contributed by atoms with Crippen molar-refractivity contribution in [2.45, 2.75) is 39.5 Å². The number of carbonyl (C=O) groups is 1. The van der Waals surface area contributed by atoms with Gasteiger partial charge in [-0.3, -0.25) is 9.78 Å². The summed E-state index contributed by atoms with van der Waals surface area (Å²) in [7, 11) is 0. The predicted octanol–water partition coefficient (Wildman–Crippen LogP) is 3.79. The zero-order valence-electron chi connectivity index (χ0n) is 13.3. The first-order chi connectivity index (χ1) is 10.7. The molecule has 0 saturated heterocycles. The van der Waals surface area contributed by atoms with Gasteiger partial charge in [0.1, 0.15) is 0 Å². The van der Waals surface area contributed by atoms with Crippen molar-refractivity contribution in [2.75, 3.05) is 13.1 Å².